The fraction of sp³-hybridized carbons (Fsp3) is 0. The van der Waals surface area contributed by atoms with Crippen LogP contribution in [0.15, 0.2) is 0 Å². The summed E-state index contributed by atoms with van der Waals surface area (Å²) in [6.45, 7) is 0. The Morgan fingerprint density at radius 1 is 0.875 bits per heavy atom. The van der Waals surface area contributed by atoms with Crippen LogP contribution in [0.25, 0.3) is 0 Å². The Morgan fingerprint density at radius 3 is 0.875 bits per heavy atom. The van der Waals surface area contributed by atoms with Crippen LogP contribution >= 0.6 is 0 Å². The molecule has 0 rings (SSSR count). The minimum absolute atomic E-state index is 0. The molecule has 0 aliphatic heterocycles. The number of hydrogen-bond acceptors (Lipinski definition) is 2. The summed E-state index contributed by atoms with van der Waals surface area (Å²) < 4.78 is 32.1. The van der Waals surface area contributed by atoms with Crippen molar-refractivity contribution >= 4 is 0 Å². The molecule has 0 saturated heterocycles. The molecular formula is H8O7W. The summed E-state index contributed by atoms with van der Waals surface area (Å²) in [5.41, 5.74) is 0. The molecule has 0 aromatic heterocycles. The molecule has 8 N–H and O–H groups in total. The fourth-order valence-corrected chi connectivity index (χ4v) is 0. The second-order valence-electron chi connectivity index (χ2n) is 0.448. The molecule has 0 spiro atoms. The summed E-state index contributed by atoms with van der Waals surface area (Å²) in [6.07, 6.45) is 0. The summed E-state index contributed by atoms with van der Waals surface area (Å²) in [5, 5.41) is 0. The van der Waals surface area contributed by atoms with E-state index in [2.05, 4.69) is 0 Å². The van der Waals surface area contributed by atoms with Gasteiger partial charge in [-0.1, -0.05) is 0 Å². The van der Waals surface area contributed by atoms with Gasteiger partial charge >= 0.3 is 31.1 Å². The van der Waals surface area contributed by atoms with Gasteiger partial charge in [0.05, 0.1) is 0 Å². The van der Waals surface area contributed by atoms with Gasteiger partial charge in [-0.2, -0.15) is 0 Å². The van der Waals surface area contributed by atoms with Crippen molar-refractivity contribution in [2.24, 2.45) is 0 Å². The minimum atomic E-state index is -5.67. The maximum atomic E-state index is 8.87. The number of hydrogen-bond donors (Lipinski definition) is 2. The molecule has 0 aliphatic rings. The molecule has 0 radical (unpaired) electrons. The molecule has 0 bridgehead atoms. The van der Waals surface area contributed by atoms with Gasteiger partial charge in [-0.3, -0.25) is 0 Å². The van der Waals surface area contributed by atoms with Crippen molar-refractivity contribution in [1.29, 1.82) is 0 Å². The molecule has 56 valence electrons. The van der Waals surface area contributed by atoms with Gasteiger partial charge in [0, 0.05) is 0 Å². The van der Waals surface area contributed by atoms with Crippen LogP contribution in [0.1, 0.15) is 0 Å². The van der Waals surface area contributed by atoms with Crippen molar-refractivity contribution in [1.82, 2.24) is 0 Å². The van der Waals surface area contributed by atoms with Crippen LogP contribution < -0.4 is 0 Å². The predicted molar refractivity (Wildman–Crippen MR) is 16.7 cm³/mol. The van der Waals surface area contributed by atoms with E-state index in [0.717, 1.165) is 0 Å². The van der Waals surface area contributed by atoms with Crippen LogP contribution in [0, 0.1) is 0 Å². The average Bonchev–Trinajstić information content (AvgIpc) is 0.722. The van der Waals surface area contributed by atoms with Gasteiger partial charge in [0.25, 0.3) is 0 Å². The van der Waals surface area contributed by atoms with Crippen LogP contribution in [-0.2, 0) is 23.5 Å². The van der Waals surface area contributed by atoms with Gasteiger partial charge in [-0.15, -0.1) is 0 Å². The first-order valence-corrected chi connectivity index (χ1v) is 5.72. The zero-order valence-corrected chi connectivity index (χ0v) is 6.55. The topological polar surface area (TPSA) is 169 Å². The normalized spacial score (nSPS) is 7.25. The van der Waals surface area contributed by atoms with Crippen LogP contribution in [0.2, 0.25) is 0 Å². The first-order valence-electron chi connectivity index (χ1n) is 0.698. The molecule has 0 atom stereocenters. The van der Waals surface area contributed by atoms with Crippen molar-refractivity contribution in [3.05, 3.63) is 0 Å². The van der Waals surface area contributed by atoms with E-state index in [1.54, 1.807) is 0 Å². The molecule has 0 heterocycles. The van der Waals surface area contributed by atoms with Crippen molar-refractivity contribution in [3.8, 4) is 0 Å². The fourth-order valence-electron chi connectivity index (χ4n) is 0. The SMILES string of the molecule is O.O.O.[O]=[W](=[O])([OH])[OH]. The van der Waals surface area contributed by atoms with E-state index >= 15 is 0 Å². The zero-order valence-electron chi connectivity index (χ0n) is 3.62. The average molecular weight is 304 g/mol. The van der Waals surface area contributed by atoms with Gasteiger partial charge < -0.3 is 16.4 Å². The summed E-state index contributed by atoms with van der Waals surface area (Å²) in [4.78, 5) is 0. The second kappa shape index (κ2) is 7.09. The summed E-state index contributed by atoms with van der Waals surface area (Å²) >= 11 is -5.67. The van der Waals surface area contributed by atoms with E-state index in [1.165, 1.54) is 0 Å². The summed E-state index contributed by atoms with van der Waals surface area (Å²) in [6, 6.07) is 0. The van der Waals surface area contributed by atoms with E-state index in [1.807, 2.05) is 0 Å². The Bertz CT molecular complexity index is 87.6. The number of rotatable bonds is 0. The third-order valence-corrected chi connectivity index (χ3v) is 0. The standard InChI is InChI=1S/5H2O.2O.W/h5*1H2;;;/q;;;;;;;+2/p-2. The molecule has 0 fully saturated rings. The van der Waals surface area contributed by atoms with E-state index < -0.39 is 16.7 Å². The summed E-state index contributed by atoms with van der Waals surface area (Å²) in [5.74, 6) is 0. The molecule has 8 heteroatoms. The van der Waals surface area contributed by atoms with Gasteiger partial charge in [0.1, 0.15) is 0 Å². The van der Waals surface area contributed by atoms with Gasteiger partial charge in [-0.25, -0.2) is 0 Å². The Hall–Kier alpha value is 0.0883. The van der Waals surface area contributed by atoms with Crippen molar-refractivity contribution in [2.45, 2.75) is 0 Å². The van der Waals surface area contributed by atoms with E-state index in [4.69, 9.17) is 14.3 Å². The van der Waals surface area contributed by atoms with E-state index in [9.17, 15) is 0 Å². The predicted octanol–water partition coefficient (Wildman–Crippen LogP) is -3.83. The van der Waals surface area contributed by atoms with Crippen LogP contribution in [0.4, 0.5) is 0 Å². The molecule has 0 unspecified atom stereocenters. The monoisotopic (exact) mass is 304 g/mol. The quantitative estimate of drug-likeness (QED) is 0.467. The molecule has 0 aromatic rings. The van der Waals surface area contributed by atoms with Gasteiger partial charge in [-0.05, 0) is 0 Å². The van der Waals surface area contributed by atoms with Gasteiger partial charge in [0.2, 0.25) is 0 Å². The Labute approximate surface area is 48.2 Å². The first kappa shape index (κ1) is 24.3. The molecule has 0 amide bonds. The van der Waals surface area contributed by atoms with Crippen molar-refractivity contribution < 1.29 is 47.5 Å². The molecule has 7 nitrogen and oxygen atoms in total. The molecule has 8 heavy (non-hydrogen) atoms. The van der Waals surface area contributed by atoms with Crippen LogP contribution in [-0.4, -0.2) is 23.9 Å². The molecular weight excluding hydrogens is 296 g/mol. The van der Waals surface area contributed by atoms with Crippen LogP contribution in [0.3, 0.4) is 0 Å². The third kappa shape index (κ3) is 20200. The molecule has 0 aromatic carbocycles. The zero-order chi connectivity index (χ0) is 4.50. The van der Waals surface area contributed by atoms with E-state index in [-0.39, 0.29) is 16.4 Å². The Morgan fingerprint density at radius 2 is 0.875 bits per heavy atom. The van der Waals surface area contributed by atoms with Crippen molar-refractivity contribution in [3.63, 3.8) is 0 Å². The third-order valence-electron chi connectivity index (χ3n) is 0. The second-order valence-corrected chi connectivity index (χ2v) is 3.67. The molecule has 0 saturated carbocycles. The maximum absolute atomic E-state index is 8.87. The Balaban J connectivity index is -0.0000000267. The Kier molecular flexibility index (Phi) is 21.5. The van der Waals surface area contributed by atoms with E-state index in [0.29, 0.717) is 0 Å². The summed E-state index contributed by atoms with van der Waals surface area (Å²) in [7, 11) is 0. The van der Waals surface area contributed by atoms with Gasteiger partial charge in [0.15, 0.2) is 0 Å². The van der Waals surface area contributed by atoms with Crippen LogP contribution in [0.5, 0.6) is 0 Å². The molecule has 0 aliphatic carbocycles. The first-order chi connectivity index (χ1) is 2.00. The van der Waals surface area contributed by atoms with Crippen molar-refractivity contribution in [2.75, 3.05) is 0 Å².